The van der Waals surface area contributed by atoms with Gasteiger partial charge in [0.1, 0.15) is 11.5 Å². The fourth-order valence-electron chi connectivity index (χ4n) is 4.39. The van der Waals surface area contributed by atoms with Crippen molar-refractivity contribution in [3.63, 3.8) is 0 Å². The standard InChI is InChI=1S/C23H21Cl2NO4/c1-29-13-6-7-20(30-2)15(10-13)12-8-18-22(19(27)9-12)16(11-21(28)26-18)14-4-3-5-17(24)23(14)25/h3-7,10,12,16H,8-9,11H2,1-2H3,(H,26,28)/t12-,16+/m1/s1. The molecule has 0 unspecified atom stereocenters. The Kier molecular flexibility index (Phi) is 5.76. The lowest BCUT2D eigenvalue weighted by molar-refractivity contribution is -0.122. The number of allylic oxidation sites excluding steroid dienone is 2. The van der Waals surface area contributed by atoms with Crippen molar-refractivity contribution >= 4 is 34.9 Å². The van der Waals surface area contributed by atoms with Gasteiger partial charge in [0.2, 0.25) is 5.91 Å². The number of carbonyl (C=O) groups is 2. The molecule has 2 aliphatic rings. The minimum atomic E-state index is -0.402. The van der Waals surface area contributed by atoms with E-state index in [-0.39, 0.29) is 24.0 Å². The van der Waals surface area contributed by atoms with Crippen molar-refractivity contribution in [2.45, 2.75) is 31.1 Å². The van der Waals surface area contributed by atoms with Crippen LogP contribution in [0.5, 0.6) is 11.5 Å². The molecule has 1 N–H and O–H groups in total. The molecule has 1 amide bonds. The summed E-state index contributed by atoms with van der Waals surface area (Å²) in [5.41, 5.74) is 2.86. The number of methoxy groups -OCH3 is 2. The van der Waals surface area contributed by atoms with Crippen LogP contribution in [-0.4, -0.2) is 25.9 Å². The number of ether oxygens (including phenoxy) is 2. The maximum absolute atomic E-state index is 13.3. The summed E-state index contributed by atoms with van der Waals surface area (Å²) in [4.78, 5) is 25.8. The van der Waals surface area contributed by atoms with Gasteiger partial charge in [0.15, 0.2) is 5.78 Å². The highest BCUT2D eigenvalue weighted by Crippen LogP contribution is 2.46. The molecular formula is C23H21Cl2NO4. The Balaban J connectivity index is 1.76. The Morgan fingerprint density at radius 3 is 2.50 bits per heavy atom. The molecule has 2 aromatic carbocycles. The Morgan fingerprint density at radius 2 is 1.77 bits per heavy atom. The maximum Gasteiger partial charge on any atom is 0.225 e. The molecule has 0 aromatic heterocycles. The lowest BCUT2D eigenvalue weighted by atomic mass is 9.73. The van der Waals surface area contributed by atoms with Crippen molar-refractivity contribution in [1.29, 1.82) is 0 Å². The maximum atomic E-state index is 13.3. The van der Waals surface area contributed by atoms with Crippen LogP contribution in [0.15, 0.2) is 47.7 Å². The molecule has 7 heteroatoms. The van der Waals surface area contributed by atoms with E-state index in [0.717, 1.165) is 5.56 Å². The van der Waals surface area contributed by atoms with E-state index in [9.17, 15) is 9.59 Å². The summed E-state index contributed by atoms with van der Waals surface area (Å²) in [6, 6.07) is 10.8. The molecule has 30 heavy (non-hydrogen) atoms. The molecule has 0 radical (unpaired) electrons. The molecule has 5 nitrogen and oxygen atoms in total. The quantitative estimate of drug-likeness (QED) is 0.717. The topological polar surface area (TPSA) is 64.6 Å². The summed E-state index contributed by atoms with van der Waals surface area (Å²) in [6.07, 6.45) is 0.996. The summed E-state index contributed by atoms with van der Waals surface area (Å²) in [6.45, 7) is 0. The molecule has 156 valence electrons. The van der Waals surface area contributed by atoms with Gasteiger partial charge in [0, 0.05) is 41.5 Å². The van der Waals surface area contributed by atoms with Gasteiger partial charge in [0.05, 0.1) is 24.3 Å². The monoisotopic (exact) mass is 445 g/mol. The molecule has 1 aliphatic carbocycles. The van der Waals surface area contributed by atoms with E-state index in [1.165, 1.54) is 0 Å². The second-order valence-corrected chi connectivity index (χ2v) is 8.26. The number of rotatable bonds is 4. The minimum absolute atomic E-state index is 0.00725. The summed E-state index contributed by atoms with van der Waals surface area (Å²) in [7, 11) is 3.19. The number of hydrogen-bond donors (Lipinski definition) is 1. The van der Waals surface area contributed by atoms with E-state index in [2.05, 4.69) is 5.32 Å². The van der Waals surface area contributed by atoms with E-state index >= 15 is 0 Å². The van der Waals surface area contributed by atoms with Gasteiger partial charge in [-0.05, 0) is 36.2 Å². The third-order valence-corrected chi connectivity index (χ3v) is 6.60. The van der Waals surface area contributed by atoms with E-state index < -0.39 is 5.92 Å². The van der Waals surface area contributed by atoms with Gasteiger partial charge >= 0.3 is 0 Å². The molecule has 0 saturated carbocycles. The largest absolute Gasteiger partial charge is 0.497 e. The van der Waals surface area contributed by atoms with Crippen molar-refractivity contribution in [2.24, 2.45) is 0 Å². The Morgan fingerprint density at radius 1 is 0.967 bits per heavy atom. The highest BCUT2D eigenvalue weighted by molar-refractivity contribution is 6.42. The number of ketones is 1. The van der Waals surface area contributed by atoms with Crippen LogP contribution in [0.3, 0.4) is 0 Å². The number of hydrogen-bond acceptors (Lipinski definition) is 4. The van der Waals surface area contributed by atoms with Crippen LogP contribution in [0.25, 0.3) is 0 Å². The lowest BCUT2D eigenvalue weighted by Gasteiger charge is -2.35. The fraction of sp³-hybridized carbons (Fsp3) is 0.304. The van der Waals surface area contributed by atoms with Crippen molar-refractivity contribution in [3.05, 3.63) is 68.8 Å². The van der Waals surface area contributed by atoms with Crippen LogP contribution in [0, 0.1) is 0 Å². The van der Waals surface area contributed by atoms with Crippen molar-refractivity contribution in [1.82, 2.24) is 5.32 Å². The number of Topliss-reactive ketones (excluding diaryl/α,β-unsaturated/α-hetero) is 1. The van der Waals surface area contributed by atoms with Gasteiger partial charge in [-0.1, -0.05) is 35.3 Å². The first-order chi connectivity index (χ1) is 14.4. The van der Waals surface area contributed by atoms with E-state index in [0.29, 0.717) is 51.2 Å². The summed E-state index contributed by atoms with van der Waals surface area (Å²) in [5, 5.41) is 3.71. The second kappa shape index (κ2) is 8.32. The van der Waals surface area contributed by atoms with Crippen molar-refractivity contribution in [2.75, 3.05) is 14.2 Å². The molecule has 2 atom stereocenters. The van der Waals surface area contributed by atoms with Gasteiger partial charge in [-0.3, -0.25) is 9.59 Å². The Hall–Kier alpha value is -2.50. The van der Waals surface area contributed by atoms with E-state index in [4.69, 9.17) is 32.7 Å². The van der Waals surface area contributed by atoms with Crippen LogP contribution in [-0.2, 0) is 9.59 Å². The Bertz CT molecular complexity index is 1060. The van der Waals surface area contributed by atoms with E-state index in [1.807, 2.05) is 24.3 Å². The molecule has 0 saturated heterocycles. The van der Waals surface area contributed by atoms with Crippen LogP contribution in [0.2, 0.25) is 10.0 Å². The zero-order valence-corrected chi connectivity index (χ0v) is 18.1. The molecule has 2 aromatic rings. The first kappa shape index (κ1) is 20.8. The van der Waals surface area contributed by atoms with Crippen LogP contribution in [0.4, 0.5) is 0 Å². The average Bonchev–Trinajstić information content (AvgIpc) is 2.74. The third-order valence-electron chi connectivity index (χ3n) is 5.77. The first-order valence-corrected chi connectivity index (χ1v) is 10.4. The summed E-state index contributed by atoms with van der Waals surface area (Å²) in [5.74, 6) is 0.701. The van der Waals surface area contributed by atoms with Gasteiger partial charge in [-0.25, -0.2) is 0 Å². The zero-order valence-electron chi connectivity index (χ0n) is 16.6. The number of benzene rings is 2. The highest BCUT2D eigenvalue weighted by atomic mass is 35.5. The zero-order chi connectivity index (χ0) is 21.4. The summed E-state index contributed by atoms with van der Waals surface area (Å²) < 4.78 is 10.9. The number of halogens is 2. The minimum Gasteiger partial charge on any atom is -0.497 e. The smallest absolute Gasteiger partial charge is 0.225 e. The van der Waals surface area contributed by atoms with Gasteiger partial charge in [-0.2, -0.15) is 0 Å². The molecule has 4 rings (SSSR count). The van der Waals surface area contributed by atoms with Gasteiger partial charge in [-0.15, -0.1) is 0 Å². The molecule has 0 spiro atoms. The third kappa shape index (κ3) is 3.68. The molecular weight excluding hydrogens is 425 g/mol. The fourth-order valence-corrected chi connectivity index (χ4v) is 4.83. The van der Waals surface area contributed by atoms with Crippen molar-refractivity contribution < 1.29 is 19.1 Å². The molecule has 1 heterocycles. The molecule has 1 aliphatic heterocycles. The van der Waals surface area contributed by atoms with Crippen LogP contribution in [0.1, 0.15) is 42.2 Å². The van der Waals surface area contributed by atoms with E-state index in [1.54, 1.807) is 26.4 Å². The summed E-state index contributed by atoms with van der Waals surface area (Å²) >= 11 is 12.6. The number of carbonyl (C=O) groups excluding carboxylic acids is 2. The van der Waals surface area contributed by atoms with Gasteiger partial charge in [0.25, 0.3) is 0 Å². The SMILES string of the molecule is COc1ccc(OC)c([C@H]2CC(=O)C3=C(C2)NC(=O)C[C@H]3c2cccc(Cl)c2Cl)c1. The van der Waals surface area contributed by atoms with Gasteiger partial charge < -0.3 is 14.8 Å². The highest BCUT2D eigenvalue weighted by Gasteiger charge is 2.39. The van der Waals surface area contributed by atoms with Crippen LogP contribution < -0.4 is 14.8 Å². The Labute approximate surface area is 185 Å². The first-order valence-electron chi connectivity index (χ1n) is 9.64. The van der Waals surface area contributed by atoms with Crippen LogP contribution >= 0.6 is 23.2 Å². The normalized spacial score (nSPS) is 21.2. The predicted octanol–water partition coefficient (Wildman–Crippen LogP) is 5.01. The number of nitrogens with one attached hydrogen (secondary N) is 1. The number of amides is 1. The predicted molar refractivity (Wildman–Crippen MR) is 116 cm³/mol. The molecule has 0 fully saturated rings. The lowest BCUT2D eigenvalue weighted by Crippen LogP contribution is -2.38. The molecule has 0 bridgehead atoms. The average molecular weight is 446 g/mol. The second-order valence-electron chi connectivity index (χ2n) is 7.48. The van der Waals surface area contributed by atoms with Crippen molar-refractivity contribution in [3.8, 4) is 11.5 Å².